The van der Waals surface area contributed by atoms with Crippen molar-refractivity contribution in [1.29, 1.82) is 0 Å². The smallest absolute Gasteiger partial charge is 0.378 e. The molecule has 2 fully saturated rings. The van der Waals surface area contributed by atoms with Crippen LogP contribution in [0.5, 0.6) is 0 Å². The summed E-state index contributed by atoms with van der Waals surface area (Å²) in [5.41, 5.74) is 2.61. The van der Waals surface area contributed by atoms with Crippen molar-refractivity contribution in [2.75, 3.05) is 55.9 Å². The summed E-state index contributed by atoms with van der Waals surface area (Å²) in [5, 5.41) is 2.90. The Hall–Kier alpha value is -2.30. The van der Waals surface area contributed by atoms with E-state index >= 15 is 0 Å². The van der Waals surface area contributed by atoms with Crippen molar-refractivity contribution < 1.29 is 13.7 Å². The van der Waals surface area contributed by atoms with Gasteiger partial charge in [-0.3, -0.25) is 0 Å². The number of urea groups is 1. The van der Waals surface area contributed by atoms with Crippen molar-refractivity contribution in [1.82, 2.24) is 14.9 Å². The van der Waals surface area contributed by atoms with Crippen molar-refractivity contribution in [3.8, 4) is 11.4 Å². The molecule has 1 unspecified atom stereocenters. The topological polar surface area (TPSA) is 87.7 Å². The number of anilines is 2. The molecule has 2 aliphatic heterocycles. The van der Waals surface area contributed by atoms with Crippen LogP contribution in [0.4, 0.5) is 16.3 Å². The van der Waals surface area contributed by atoms with Gasteiger partial charge in [-0.05, 0) is 30.5 Å². The summed E-state index contributed by atoms with van der Waals surface area (Å²) in [6.07, 6.45) is 2.81. The van der Waals surface area contributed by atoms with Gasteiger partial charge in [0.25, 0.3) is 5.25 Å². The van der Waals surface area contributed by atoms with E-state index in [2.05, 4.69) is 22.5 Å². The zero-order chi connectivity index (χ0) is 21.6. The number of hydrogen-bond donors (Lipinski definition) is 1. The summed E-state index contributed by atoms with van der Waals surface area (Å²) in [6, 6.07) is 9.47. The second kappa shape index (κ2) is 10.3. The highest BCUT2D eigenvalue weighted by atomic mass is 32.2. The van der Waals surface area contributed by atoms with Gasteiger partial charge in [-0.2, -0.15) is 11.8 Å². The minimum atomic E-state index is -0.169. The van der Waals surface area contributed by atoms with Crippen LogP contribution in [0.3, 0.4) is 0 Å². The van der Waals surface area contributed by atoms with E-state index in [-0.39, 0.29) is 11.3 Å². The first kappa shape index (κ1) is 21.9. The Morgan fingerprint density at radius 2 is 2.00 bits per heavy atom. The molecule has 164 valence electrons. The largest absolute Gasteiger partial charge is 0.464 e. The van der Waals surface area contributed by atoms with Gasteiger partial charge in [-0.15, -0.1) is 0 Å². The Bertz CT molecular complexity index is 922. The van der Waals surface area contributed by atoms with Crippen LogP contribution in [0.1, 0.15) is 12.1 Å². The maximum atomic E-state index is 12.4. The van der Waals surface area contributed by atoms with Gasteiger partial charge in [0, 0.05) is 53.3 Å². The molecule has 0 radical (unpaired) electrons. The molecule has 1 atom stereocenters. The van der Waals surface area contributed by atoms with Crippen molar-refractivity contribution in [3.63, 3.8) is 0 Å². The third kappa shape index (κ3) is 5.50. The molecule has 2 amide bonds. The van der Waals surface area contributed by atoms with Crippen LogP contribution in [0.2, 0.25) is 0 Å². The lowest BCUT2D eigenvalue weighted by Gasteiger charge is -2.28. The first-order chi connectivity index (χ1) is 15.2. The molecule has 10 heteroatoms. The van der Waals surface area contributed by atoms with E-state index in [1.54, 1.807) is 16.7 Å². The average Bonchev–Trinajstić information content (AvgIpc) is 3.30. The number of benzene rings is 1. The summed E-state index contributed by atoms with van der Waals surface area (Å²) in [4.78, 5) is 25.9. The van der Waals surface area contributed by atoms with Crippen LogP contribution in [-0.4, -0.2) is 71.8 Å². The van der Waals surface area contributed by atoms with Gasteiger partial charge in [0.15, 0.2) is 5.82 Å². The number of carbonyl (C=O) groups excluding carboxylic acids is 1. The molecule has 0 saturated carbocycles. The van der Waals surface area contributed by atoms with Gasteiger partial charge in [-0.25, -0.2) is 14.8 Å². The number of morpholine rings is 1. The van der Waals surface area contributed by atoms with Crippen molar-refractivity contribution in [2.45, 2.75) is 17.4 Å². The fraction of sp³-hybridized carbons (Fsp3) is 0.476. The standard InChI is InChI=1S/C21H25N5O3S2/c1-30-14-17-12-19(25-8-10-29-11-9-25)24-20(22-17)15-2-4-16(5-3-15)23-21(27)26-7-6-18(13-26)31-28/h2-5,12,18H,6-11,13-14H2,1H3/p+1. The molecular formula is C21H26N5O3S2+. The molecule has 3 heterocycles. The summed E-state index contributed by atoms with van der Waals surface area (Å²) < 4.78 is 16.4. The van der Waals surface area contributed by atoms with Gasteiger partial charge in [0.05, 0.1) is 25.5 Å². The van der Waals surface area contributed by atoms with Crippen LogP contribution >= 0.6 is 11.8 Å². The zero-order valence-corrected chi connectivity index (χ0v) is 19.1. The predicted octanol–water partition coefficient (Wildman–Crippen LogP) is 2.88. The fourth-order valence-corrected chi connectivity index (χ4v) is 4.57. The highest BCUT2D eigenvalue weighted by Gasteiger charge is 2.34. The molecular weight excluding hydrogens is 434 g/mol. The summed E-state index contributed by atoms with van der Waals surface area (Å²) in [7, 11) is 0. The normalized spacial score (nSPS) is 18.8. The van der Waals surface area contributed by atoms with Crippen LogP contribution in [0, 0.1) is 0 Å². The number of thioether (sulfide) groups is 1. The van der Waals surface area contributed by atoms with E-state index in [1.165, 1.54) is 0 Å². The summed E-state index contributed by atoms with van der Waals surface area (Å²) in [6.45, 7) is 4.17. The van der Waals surface area contributed by atoms with Crippen LogP contribution in [0.15, 0.2) is 30.3 Å². The van der Waals surface area contributed by atoms with Gasteiger partial charge < -0.3 is 19.9 Å². The number of nitrogens with one attached hydrogen (secondary N) is 1. The lowest BCUT2D eigenvalue weighted by atomic mass is 10.2. The molecule has 2 saturated heterocycles. The molecule has 1 aromatic heterocycles. The van der Waals surface area contributed by atoms with E-state index in [0.717, 1.165) is 42.3 Å². The number of aromatic nitrogens is 2. The van der Waals surface area contributed by atoms with E-state index < -0.39 is 0 Å². The SMILES string of the molecule is CSCc1cc(N2CCOCC2)nc(-c2ccc(NC(=O)N3CCC([S+]=O)C3)cc2)n1. The first-order valence-electron chi connectivity index (χ1n) is 10.3. The van der Waals surface area contributed by atoms with Crippen molar-refractivity contribution >= 4 is 41.0 Å². The highest BCUT2D eigenvalue weighted by Crippen LogP contribution is 2.24. The fourth-order valence-electron chi connectivity index (χ4n) is 3.68. The van der Waals surface area contributed by atoms with Gasteiger partial charge >= 0.3 is 17.7 Å². The van der Waals surface area contributed by atoms with Gasteiger partial charge in [-0.1, -0.05) is 0 Å². The van der Waals surface area contributed by atoms with E-state index in [4.69, 9.17) is 14.7 Å². The first-order valence-corrected chi connectivity index (χ1v) is 12.5. The number of hydrogen-bond acceptors (Lipinski definition) is 7. The van der Waals surface area contributed by atoms with E-state index in [0.29, 0.717) is 49.5 Å². The maximum absolute atomic E-state index is 12.4. The molecule has 2 aliphatic rings. The highest BCUT2D eigenvalue weighted by molar-refractivity contribution is 7.97. The third-order valence-corrected chi connectivity index (χ3v) is 6.60. The quantitative estimate of drug-likeness (QED) is 0.663. The van der Waals surface area contributed by atoms with Gasteiger partial charge in [0.2, 0.25) is 0 Å². The summed E-state index contributed by atoms with van der Waals surface area (Å²) in [5.74, 6) is 2.43. The van der Waals surface area contributed by atoms with Crippen LogP contribution < -0.4 is 10.2 Å². The molecule has 0 bridgehead atoms. The summed E-state index contributed by atoms with van der Waals surface area (Å²) >= 11 is 2.31. The minimum absolute atomic E-state index is 0.0144. The predicted molar refractivity (Wildman–Crippen MR) is 125 cm³/mol. The molecule has 1 N–H and O–H groups in total. The number of likely N-dealkylation sites (tertiary alicyclic amines) is 1. The number of ether oxygens (including phenoxy) is 1. The zero-order valence-electron chi connectivity index (χ0n) is 17.5. The number of amides is 2. The third-order valence-electron chi connectivity index (χ3n) is 5.36. The Morgan fingerprint density at radius 1 is 1.23 bits per heavy atom. The number of carbonyl (C=O) groups is 1. The Morgan fingerprint density at radius 3 is 2.68 bits per heavy atom. The van der Waals surface area contributed by atoms with Crippen LogP contribution in [-0.2, 0) is 26.4 Å². The minimum Gasteiger partial charge on any atom is -0.378 e. The Balaban J connectivity index is 1.49. The molecule has 31 heavy (non-hydrogen) atoms. The van der Waals surface area contributed by atoms with Crippen molar-refractivity contribution in [3.05, 3.63) is 36.0 Å². The maximum Gasteiger partial charge on any atom is 0.464 e. The van der Waals surface area contributed by atoms with E-state index in [1.807, 2.05) is 24.3 Å². The second-order valence-corrected chi connectivity index (χ2v) is 9.26. The van der Waals surface area contributed by atoms with E-state index in [9.17, 15) is 9.00 Å². The lowest BCUT2D eigenvalue weighted by molar-refractivity contribution is 0.122. The number of nitrogens with zero attached hydrogens (tertiary/aromatic N) is 4. The monoisotopic (exact) mass is 460 g/mol. The molecule has 0 aliphatic carbocycles. The average molecular weight is 461 g/mol. The lowest BCUT2D eigenvalue weighted by Crippen LogP contribution is -2.37. The van der Waals surface area contributed by atoms with Gasteiger partial charge in [0.1, 0.15) is 5.82 Å². The second-order valence-electron chi connectivity index (χ2n) is 7.53. The number of rotatable bonds is 6. The Kier molecular flexibility index (Phi) is 7.31. The molecule has 4 rings (SSSR count). The molecule has 2 aromatic rings. The molecule has 0 spiro atoms. The Labute approximate surface area is 190 Å². The van der Waals surface area contributed by atoms with Crippen molar-refractivity contribution in [2.24, 2.45) is 0 Å². The molecule has 8 nitrogen and oxygen atoms in total. The molecule has 1 aromatic carbocycles. The van der Waals surface area contributed by atoms with Crippen LogP contribution in [0.25, 0.3) is 11.4 Å².